The van der Waals surface area contributed by atoms with E-state index in [0.29, 0.717) is 52.4 Å². The number of carbonyl (C=O) groups is 1. The molecule has 3 N–H and O–H groups in total. The molecule has 0 radical (unpaired) electrons. The summed E-state index contributed by atoms with van der Waals surface area (Å²) in [5.41, 5.74) is 6.47. The summed E-state index contributed by atoms with van der Waals surface area (Å²) in [6.07, 6.45) is 1.39. The zero-order valence-corrected chi connectivity index (χ0v) is 12.3. The highest BCUT2D eigenvalue weighted by atomic mass is 16.5. The monoisotopic (exact) mass is 292 g/mol. The zero-order chi connectivity index (χ0) is 15.0. The molecule has 5 nitrogen and oxygen atoms in total. The number of benzene rings is 1. The normalized spacial score (nSPS) is 17.4. The zero-order valence-electron chi connectivity index (χ0n) is 12.3. The lowest BCUT2D eigenvalue weighted by molar-refractivity contribution is -0.136. The van der Waals surface area contributed by atoms with Crippen molar-refractivity contribution in [2.75, 3.05) is 32.9 Å². The molecule has 1 saturated heterocycles. The standard InChI is InChI=1S/C16H24N2O3/c17-13-16(6-9-20-10-7-16)15(19)18-8-11-21-12-14-4-2-1-3-5-14/h1-5H,6-13,17H2,(H,18,19). The minimum Gasteiger partial charge on any atom is -0.381 e. The van der Waals surface area contributed by atoms with Crippen LogP contribution < -0.4 is 11.1 Å². The third-order valence-corrected chi connectivity index (χ3v) is 3.97. The van der Waals surface area contributed by atoms with Gasteiger partial charge in [-0.05, 0) is 18.4 Å². The van der Waals surface area contributed by atoms with E-state index in [2.05, 4.69) is 5.32 Å². The van der Waals surface area contributed by atoms with Gasteiger partial charge in [0.1, 0.15) is 0 Å². The fraction of sp³-hybridized carbons (Fsp3) is 0.562. The van der Waals surface area contributed by atoms with Crippen LogP contribution in [-0.4, -0.2) is 38.8 Å². The summed E-state index contributed by atoms with van der Waals surface area (Å²) in [5.74, 6) is 0.0246. The van der Waals surface area contributed by atoms with E-state index in [1.54, 1.807) is 0 Å². The van der Waals surface area contributed by atoms with Gasteiger partial charge in [0.25, 0.3) is 0 Å². The molecule has 0 spiro atoms. The van der Waals surface area contributed by atoms with Crippen LogP contribution in [0.3, 0.4) is 0 Å². The predicted octanol–water partition coefficient (Wildman–Crippen LogP) is 1.07. The second kappa shape index (κ2) is 8.12. The van der Waals surface area contributed by atoms with E-state index in [4.69, 9.17) is 15.2 Å². The molecule has 5 heteroatoms. The van der Waals surface area contributed by atoms with Crippen LogP contribution in [0.4, 0.5) is 0 Å². The van der Waals surface area contributed by atoms with Crippen molar-refractivity contribution >= 4 is 5.91 Å². The van der Waals surface area contributed by atoms with Gasteiger partial charge in [0, 0.05) is 26.3 Å². The number of ether oxygens (including phenoxy) is 2. The molecule has 1 amide bonds. The second-order valence-electron chi connectivity index (χ2n) is 5.39. The van der Waals surface area contributed by atoms with Crippen LogP contribution in [0.5, 0.6) is 0 Å². The molecule has 0 aliphatic carbocycles. The molecule has 1 aromatic rings. The first-order chi connectivity index (χ1) is 10.3. The van der Waals surface area contributed by atoms with Gasteiger partial charge in [0.2, 0.25) is 5.91 Å². The Morgan fingerprint density at radius 1 is 1.29 bits per heavy atom. The molecule has 1 aliphatic rings. The number of hydrogen-bond acceptors (Lipinski definition) is 4. The van der Waals surface area contributed by atoms with Crippen LogP contribution in [0.1, 0.15) is 18.4 Å². The summed E-state index contributed by atoms with van der Waals surface area (Å²) in [4.78, 5) is 12.3. The third kappa shape index (κ3) is 4.52. The van der Waals surface area contributed by atoms with Crippen molar-refractivity contribution in [3.05, 3.63) is 35.9 Å². The lowest BCUT2D eigenvalue weighted by atomic mass is 9.79. The molecule has 0 atom stereocenters. The Bertz CT molecular complexity index is 430. The summed E-state index contributed by atoms with van der Waals surface area (Å²) < 4.78 is 10.9. The fourth-order valence-corrected chi connectivity index (χ4v) is 2.47. The van der Waals surface area contributed by atoms with Crippen LogP contribution in [-0.2, 0) is 20.9 Å². The Morgan fingerprint density at radius 2 is 2.00 bits per heavy atom. The quantitative estimate of drug-likeness (QED) is 0.737. The van der Waals surface area contributed by atoms with Crippen LogP contribution in [0, 0.1) is 5.41 Å². The third-order valence-electron chi connectivity index (χ3n) is 3.97. The number of rotatable bonds is 7. The van der Waals surface area contributed by atoms with Crippen molar-refractivity contribution in [3.63, 3.8) is 0 Å². The Morgan fingerprint density at radius 3 is 2.67 bits per heavy atom. The predicted molar refractivity (Wildman–Crippen MR) is 80.6 cm³/mol. The van der Waals surface area contributed by atoms with E-state index < -0.39 is 5.41 Å². The van der Waals surface area contributed by atoms with Crippen molar-refractivity contribution < 1.29 is 14.3 Å². The number of carbonyl (C=O) groups excluding carboxylic acids is 1. The van der Waals surface area contributed by atoms with Gasteiger partial charge < -0.3 is 20.5 Å². The molecule has 1 aliphatic heterocycles. The summed E-state index contributed by atoms with van der Waals surface area (Å²) in [7, 11) is 0. The molecule has 0 bridgehead atoms. The Kier molecular flexibility index (Phi) is 6.17. The molecule has 0 saturated carbocycles. The van der Waals surface area contributed by atoms with Gasteiger partial charge in [0.05, 0.1) is 18.6 Å². The number of amides is 1. The molecule has 0 aromatic heterocycles. The van der Waals surface area contributed by atoms with Gasteiger partial charge in [-0.2, -0.15) is 0 Å². The average molecular weight is 292 g/mol. The maximum atomic E-state index is 12.3. The largest absolute Gasteiger partial charge is 0.381 e. The maximum absolute atomic E-state index is 12.3. The van der Waals surface area contributed by atoms with Gasteiger partial charge in [-0.15, -0.1) is 0 Å². The SMILES string of the molecule is NCC1(C(=O)NCCOCc2ccccc2)CCOCC1. The van der Waals surface area contributed by atoms with E-state index in [1.165, 1.54) is 0 Å². The number of nitrogens with two attached hydrogens (primary N) is 1. The molecule has 1 aromatic carbocycles. The Hall–Kier alpha value is -1.43. The lowest BCUT2D eigenvalue weighted by Gasteiger charge is -2.34. The summed E-state index contributed by atoms with van der Waals surface area (Å²) in [5, 5.41) is 2.93. The topological polar surface area (TPSA) is 73.6 Å². The van der Waals surface area contributed by atoms with Gasteiger partial charge >= 0.3 is 0 Å². The second-order valence-corrected chi connectivity index (χ2v) is 5.39. The van der Waals surface area contributed by atoms with Crippen molar-refractivity contribution in [1.29, 1.82) is 0 Å². The Balaban J connectivity index is 1.67. The number of hydrogen-bond donors (Lipinski definition) is 2. The highest BCUT2D eigenvalue weighted by Crippen LogP contribution is 2.29. The first-order valence-electron chi connectivity index (χ1n) is 7.45. The molecule has 1 fully saturated rings. The molecular weight excluding hydrogens is 268 g/mol. The summed E-state index contributed by atoms with van der Waals surface area (Å²) in [6, 6.07) is 9.98. The van der Waals surface area contributed by atoms with E-state index in [-0.39, 0.29) is 5.91 Å². The summed E-state index contributed by atoms with van der Waals surface area (Å²) in [6.45, 7) is 3.15. The van der Waals surface area contributed by atoms with Crippen LogP contribution in [0.2, 0.25) is 0 Å². The Labute approximate surface area is 125 Å². The minimum atomic E-state index is -0.461. The molecule has 0 unspecified atom stereocenters. The van der Waals surface area contributed by atoms with Crippen LogP contribution in [0.15, 0.2) is 30.3 Å². The summed E-state index contributed by atoms with van der Waals surface area (Å²) >= 11 is 0. The van der Waals surface area contributed by atoms with Gasteiger partial charge in [-0.1, -0.05) is 30.3 Å². The smallest absolute Gasteiger partial charge is 0.227 e. The fourth-order valence-electron chi connectivity index (χ4n) is 2.47. The van der Waals surface area contributed by atoms with Crippen molar-refractivity contribution in [2.45, 2.75) is 19.4 Å². The van der Waals surface area contributed by atoms with E-state index >= 15 is 0 Å². The minimum absolute atomic E-state index is 0.0246. The lowest BCUT2D eigenvalue weighted by Crippen LogP contribution is -2.49. The highest BCUT2D eigenvalue weighted by Gasteiger charge is 2.38. The van der Waals surface area contributed by atoms with Gasteiger partial charge in [0.15, 0.2) is 0 Å². The first-order valence-corrected chi connectivity index (χ1v) is 7.45. The number of nitrogens with one attached hydrogen (secondary N) is 1. The molecule has 1 heterocycles. The highest BCUT2D eigenvalue weighted by molar-refractivity contribution is 5.83. The van der Waals surface area contributed by atoms with Gasteiger partial charge in [-0.25, -0.2) is 0 Å². The van der Waals surface area contributed by atoms with Crippen molar-refractivity contribution in [2.24, 2.45) is 11.1 Å². The molecule has 2 rings (SSSR count). The average Bonchev–Trinajstić information content (AvgIpc) is 2.56. The van der Waals surface area contributed by atoms with Crippen molar-refractivity contribution in [3.8, 4) is 0 Å². The maximum Gasteiger partial charge on any atom is 0.227 e. The molecule has 116 valence electrons. The van der Waals surface area contributed by atoms with Crippen LogP contribution >= 0.6 is 0 Å². The van der Waals surface area contributed by atoms with Gasteiger partial charge in [-0.3, -0.25) is 4.79 Å². The molecule has 21 heavy (non-hydrogen) atoms. The van der Waals surface area contributed by atoms with E-state index in [0.717, 1.165) is 5.56 Å². The van der Waals surface area contributed by atoms with Crippen LogP contribution in [0.25, 0.3) is 0 Å². The van der Waals surface area contributed by atoms with E-state index in [1.807, 2.05) is 30.3 Å². The van der Waals surface area contributed by atoms with Crippen molar-refractivity contribution in [1.82, 2.24) is 5.32 Å². The van der Waals surface area contributed by atoms with E-state index in [9.17, 15) is 4.79 Å². The molecular formula is C16H24N2O3. The first kappa shape index (κ1) is 15.9.